The zero-order valence-electron chi connectivity index (χ0n) is 41.5. The number of imide groups is 1. The summed E-state index contributed by atoms with van der Waals surface area (Å²) in [6.45, 7) is 6.94. The Morgan fingerprint density at radius 3 is 2.26 bits per heavy atom. The number of aromatic nitrogens is 3. The van der Waals surface area contributed by atoms with Crippen molar-refractivity contribution in [3.05, 3.63) is 117 Å². The molecule has 2 aliphatic carbocycles. The molecule has 2 atom stereocenters. The topological polar surface area (TPSA) is 142 Å². The van der Waals surface area contributed by atoms with Gasteiger partial charge in [0.1, 0.15) is 23.3 Å². The molecule has 0 radical (unpaired) electrons. The molecular formula is C56H65F3N8O5. The van der Waals surface area contributed by atoms with Crippen molar-refractivity contribution >= 4 is 45.9 Å². The van der Waals surface area contributed by atoms with Gasteiger partial charge in [0.15, 0.2) is 11.6 Å². The highest BCUT2D eigenvalue weighted by Gasteiger charge is 2.38. The van der Waals surface area contributed by atoms with Crippen LogP contribution in [0.3, 0.4) is 0 Å². The van der Waals surface area contributed by atoms with Crippen molar-refractivity contribution in [3.63, 3.8) is 0 Å². The van der Waals surface area contributed by atoms with Crippen molar-refractivity contribution in [2.75, 3.05) is 43.4 Å². The second-order valence-electron chi connectivity index (χ2n) is 21.3. The first-order valence-electron chi connectivity index (χ1n) is 26.0. The minimum absolute atomic E-state index is 0.0819. The Kier molecular flexibility index (Phi) is 14.3. The molecule has 10 rings (SSSR count). The van der Waals surface area contributed by atoms with E-state index in [1.165, 1.54) is 34.5 Å². The predicted octanol–water partition coefficient (Wildman–Crippen LogP) is 8.37. The molecule has 4 fully saturated rings. The molecule has 3 aromatic heterocycles. The molecule has 2 aromatic carbocycles. The third kappa shape index (κ3) is 10.1. The van der Waals surface area contributed by atoms with Gasteiger partial charge in [0.2, 0.25) is 17.7 Å². The maximum Gasteiger partial charge on any atom is 0.257 e. The minimum atomic E-state index is -0.663. The standard InChI is InChI=1S/C56H65F3N8O5/c1-33-29-64(30-37-10-14-47-39(22-37)13-17-52(70)67(47)49-15-16-51(69)62-56(49)72)20-21-65(33)31-36-6-4-35(5-7-36)24-50(68)40-25-43(57)54(44(58)26-40)38-11-8-34(9-12-38)23-41-27-42-48(18-19-61-55(42)63(41)3)66-32-45(59)46(60-2)28-53(66)71/h10,14,18-19,22,25-28,32-36,38,49,60H,4-9,11-13,15-17,20-21,23-24,29-31H2,1-3H3,(H,62,69,72). The van der Waals surface area contributed by atoms with Gasteiger partial charge in [-0.25, -0.2) is 18.2 Å². The molecule has 2 saturated heterocycles. The number of aryl methyl sites for hydroxylation is 2. The third-order valence-electron chi connectivity index (χ3n) is 16.7. The molecule has 0 spiro atoms. The maximum absolute atomic E-state index is 15.8. The molecule has 3 aliphatic heterocycles. The molecule has 0 bridgehead atoms. The normalized spacial score (nSPS) is 24.4. The van der Waals surface area contributed by atoms with Gasteiger partial charge in [0.25, 0.3) is 5.56 Å². The molecule has 13 nitrogen and oxygen atoms in total. The summed E-state index contributed by atoms with van der Waals surface area (Å²) in [6, 6.07) is 13.4. The Bertz CT molecular complexity index is 2950. The van der Waals surface area contributed by atoms with E-state index >= 15 is 8.78 Å². The van der Waals surface area contributed by atoms with E-state index in [1.54, 1.807) is 24.2 Å². The summed E-state index contributed by atoms with van der Waals surface area (Å²) in [7, 11) is 3.49. The van der Waals surface area contributed by atoms with E-state index in [1.807, 2.05) is 23.7 Å². The van der Waals surface area contributed by atoms with Gasteiger partial charge in [-0.1, -0.05) is 12.1 Å². The first kappa shape index (κ1) is 49.4. The summed E-state index contributed by atoms with van der Waals surface area (Å²) in [5.41, 5.74) is 5.19. The fourth-order valence-electron chi connectivity index (χ4n) is 12.7. The van der Waals surface area contributed by atoms with Gasteiger partial charge in [0.05, 0.1) is 17.6 Å². The second kappa shape index (κ2) is 20.8. The number of halogens is 3. The molecule has 72 heavy (non-hydrogen) atoms. The highest BCUT2D eigenvalue weighted by atomic mass is 19.1. The van der Waals surface area contributed by atoms with Crippen LogP contribution in [0.2, 0.25) is 0 Å². The molecule has 2 saturated carbocycles. The number of Topliss-reactive ketones (excluding diaryl/α,β-unsaturated/α-hetero) is 1. The molecule has 2 unspecified atom stereocenters. The summed E-state index contributed by atoms with van der Waals surface area (Å²) in [5, 5.41) is 5.83. The van der Waals surface area contributed by atoms with E-state index < -0.39 is 29.4 Å². The number of hydrogen-bond donors (Lipinski definition) is 2. The number of amides is 3. The number of hydrogen-bond acceptors (Lipinski definition) is 9. The van der Waals surface area contributed by atoms with E-state index in [0.717, 1.165) is 100 Å². The summed E-state index contributed by atoms with van der Waals surface area (Å²) in [6.07, 6.45) is 12.0. The summed E-state index contributed by atoms with van der Waals surface area (Å²) >= 11 is 0. The lowest BCUT2D eigenvalue weighted by Gasteiger charge is -2.42. The van der Waals surface area contributed by atoms with Crippen molar-refractivity contribution in [2.45, 2.75) is 121 Å². The minimum Gasteiger partial charge on any atom is -0.386 e. The van der Waals surface area contributed by atoms with Crippen LogP contribution >= 0.6 is 0 Å². The second-order valence-corrected chi connectivity index (χ2v) is 21.3. The zero-order valence-corrected chi connectivity index (χ0v) is 41.5. The van der Waals surface area contributed by atoms with Crippen molar-refractivity contribution < 1.29 is 32.3 Å². The van der Waals surface area contributed by atoms with Gasteiger partial charge in [-0.3, -0.25) is 48.6 Å². The number of carbonyl (C=O) groups is 4. The Morgan fingerprint density at radius 1 is 0.806 bits per heavy atom. The number of anilines is 2. The number of benzene rings is 2. The highest BCUT2D eigenvalue weighted by molar-refractivity contribution is 6.08. The molecular weight excluding hydrogens is 922 g/mol. The molecule has 380 valence electrons. The fraction of sp³-hybridized carbons (Fsp3) is 0.500. The maximum atomic E-state index is 15.8. The number of rotatable bonds is 13. The predicted molar refractivity (Wildman–Crippen MR) is 270 cm³/mol. The number of ketones is 1. The lowest BCUT2D eigenvalue weighted by atomic mass is 9.76. The van der Waals surface area contributed by atoms with E-state index in [0.29, 0.717) is 61.8 Å². The number of piperidine rings is 1. The quantitative estimate of drug-likeness (QED) is 0.0880. The number of carbonyl (C=O) groups excluding carboxylic acids is 4. The Hall–Kier alpha value is -6.13. The van der Waals surface area contributed by atoms with Crippen LogP contribution in [0.1, 0.15) is 123 Å². The van der Waals surface area contributed by atoms with Crippen LogP contribution in [0.4, 0.5) is 24.5 Å². The van der Waals surface area contributed by atoms with Gasteiger partial charge in [-0.2, -0.15) is 0 Å². The number of nitrogens with one attached hydrogen (secondary N) is 2. The molecule has 5 aromatic rings. The lowest BCUT2D eigenvalue weighted by Crippen LogP contribution is -2.55. The van der Waals surface area contributed by atoms with Crippen molar-refractivity contribution in [2.24, 2.45) is 24.8 Å². The van der Waals surface area contributed by atoms with E-state index in [9.17, 15) is 28.4 Å². The number of fused-ring (bicyclic) bond motifs is 2. The Morgan fingerprint density at radius 2 is 1.54 bits per heavy atom. The summed E-state index contributed by atoms with van der Waals surface area (Å²) in [5.74, 6) is -2.09. The number of pyridine rings is 2. The molecule has 5 aliphatic rings. The third-order valence-corrected chi connectivity index (χ3v) is 16.7. The van der Waals surface area contributed by atoms with Crippen LogP contribution in [-0.4, -0.2) is 92.7 Å². The fourth-order valence-corrected chi connectivity index (χ4v) is 12.7. The largest absolute Gasteiger partial charge is 0.386 e. The average Bonchev–Trinajstić information content (AvgIpc) is 3.68. The van der Waals surface area contributed by atoms with E-state index in [4.69, 9.17) is 0 Å². The first-order valence-corrected chi connectivity index (χ1v) is 26.0. The summed E-state index contributed by atoms with van der Waals surface area (Å²) < 4.78 is 49.7. The molecule has 2 N–H and O–H groups in total. The smallest absolute Gasteiger partial charge is 0.257 e. The average molecular weight is 987 g/mol. The highest BCUT2D eigenvalue weighted by Crippen LogP contribution is 2.41. The Balaban J connectivity index is 0.676. The molecule has 3 amide bonds. The van der Waals surface area contributed by atoms with Crippen LogP contribution in [0.15, 0.2) is 65.7 Å². The summed E-state index contributed by atoms with van der Waals surface area (Å²) in [4.78, 5) is 75.1. The lowest BCUT2D eigenvalue weighted by molar-refractivity contribution is -0.135. The van der Waals surface area contributed by atoms with Crippen LogP contribution < -0.4 is 21.1 Å². The number of nitrogens with zero attached hydrogens (tertiary/aromatic N) is 6. The van der Waals surface area contributed by atoms with Gasteiger partial charge in [0, 0.05) is 112 Å². The number of piperazine rings is 1. The van der Waals surface area contributed by atoms with Gasteiger partial charge >= 0.3 is 0 Å². The SMILES string of the molecule is CNc1cc(=O)n(-c2ccnc3c2cc(CC2CCC(c4c(F)cc(C(=O)CC5CCC(CN6CCN(Cc7ccc8c(c7)CCC(=O)N8C7CCC(=O)NC7=O)CC6C)CC5)cc4F)CC2)n3C)cc1F. The van der Waals surface area contributed by atoms with E-state index in [2.05, 4.69) is 44.5 Å². The van der Waals surface area contributed by atoms with E-state index in [-0.39, 0.29) is 64.1 Å². The van der Waals surface area contributed by atoms with Crippen LogP contribution in [0, 0.1) is 35.2 Å². The van der Waals surface area contributed by atoms with Crippen LogP contribution in [-0.2, 0) is 40.8 Å². The van der Waals surface area contributed by atoms with Gasteiger partial charge in [-0.05, 0) is 143 Å². The van der Waals surface area contributed by atoms with Gasteiger partial charge in [-0.15, -0.1) is 0 Å². The van der Waals surface area contributed by atoms with Crippen molar-refractivity contribution in [1.82, 2.24) is 29.2 Å². The monoisotopic (exact) mass is 987 g/mol. The molecule has 16 heteroatoms. The zero-order chi connectivity index (χ0) is 50.4. The van der Waals surface area contributed by atoms with Gasteiger partial charge < -0.3 is 9.88 Å². The Labute approximate surface area is 418 Å². The first-order chi connectivity index (χ1) is 34.7. The van der Waals surface area contributed by atoms with Crippen LogP contribution in [0.5, 0.6) is 0 Å². The molecule has 6 heterocycles. The van der Waals surface area contributed by atoms with Crippen LogP contribution in [0.25, 0.3) is 16.7 Å². The van der Waals surface area contributed by atoms with Crippen molar-refractivity contribution in [3.8, 4) is 5.69 Å². The van der Waals surface area contributed by atoms with Crippen molar-refractivity contribution in [1.29, 1.82) is 0 Å².